The van der Waals surface area contributed by atoms with Crippen LogP contribution in [0.5, 0.6) is 5.75 Å². The van der Waals surface area contributed by atoms with Gasteiger partial charge in [0.05, 0.1) is 13.4 Å². The molecule has 112 valence electrons. The van der Waals surface area contributed by atoms with E-state index >= 15 is 0 Å². The van der Waals surface area contributed by atoms with Crippen LogP contribution in [0.2, 0.25) is 0 Å². The van der Waals surface area contributed by atoms with Crippen LogP contribution in [-0.2, 0) is 11.3 Å². The van der Waals surface area contributed by atoms with Crippen LogP contribution in [-0.4, -0.2) is 13.1 Å². The van der Waals surface area contributed by atoms with E-state index < -0.39 is 5.97 Å². The first-order valence-electron chi connectivity index (χ1n) is 6.91. The molecule has 0 aliphatic carbocycles. The summed E-state index contributed by atoms with van der Waals surface area (Å²) < 4.78 is 15.8. The van der Waals surface area contributed by atoms with Crippen LogP contribution in [0, 0.1) is 6.92 Å². The van der Waals surface area contributed by atoms with Crippen molar-refractivity contribution in [3.8, 4) is 5.75 Å². The largest absolute Gasteiger partial charge is 0.485 e. The molecular weight excluding hydrogens is 268 g/mol. The van der Waals surface area contributed by atoms with Gasteiger partial charge in [0.25, 0.3) is 0 Å². The summed E-state index contributed by atoms with van der Waals surface area (Å²) in [5.74, 6) is 1.28. The van der Waals surface area contributed by atoms with Gasteiger partial charge in [0.15, 0.2) is 5.76 Å². The average Bonchev–Trinajstić information content (AvgIpc) is 2.93. The molecule has 0 unspecified atom stereocenters. The molecule has 1 heterocycles. The molecular formula is C17H20O4. The molecule has 0 atom stereocenters. The molecule has 0 aliphatic rings. The minimum absolute atomic E-state index is 0.194. The van der Waals surface area contributed by atoms with Gasteiger partial charge in [-0.2, -0.15) is 0 Å². The summed E-state index contributed by atoms with van der Waals surface area (Å²) in [6, 6.07) is 7.75. The van der Waals surface area contributed by atoms with E-state index in [2.05, 4.69) is 19.9 Å². The summed E-state index contributed by atoms with van der Waals surface area (Å²) in [6.07, 6.45) is 1.46. The number of carbonyl (C=O) groups is 1. The van der Waals surface area contributed by atoms with E-state index in [4.69, 9.17) is 13.9 Å². The van der Waals surface area contributed by atoms with Crippen molar-refractivity contribution in [3.63, 3.8) is 0 Å². The number of hydrogen-bond donors (Lipinski definition) is 0. The van der Waals surface area contributed by atoms with Crippen LogP contribution in [0.25, 0.3) is 0 Å². The maximum absolute atomic E-state index is 11.6. The van der Waals surface area contributed by atoms with Crippen LogP contribution in [0.3, 0.4) is 0 Å². The Bertz CT molecular complexity index is 625. The molecule has 2 rings (SSSR count). The lowest BCUT2D eigenvalue weighted by Gasteiger charge is -2.12. The predicted octanol–water partition coefficient (Wildman–Crippen LogP) is 4.08. The zero-order valence-electron chi connectivity index (χ0n) is 12.8. The first-order chi connectivity index (χ1) is 10.0. The van der Waals surface area contributed by atoms with Crippen LogP contribution in [0.4, 0.5) is 0 Å². The molecule has 4 heteroatoms. The van der Waals surface area contributed by atoms with Gasteiger partial charge < -0.3 is 13.9 Å². The zero-order chi connectivity index (χ0) is 15.4. The molecule has 0 N–H and O–H groups in total. The highest BCUT2D eigenvalue weighted by atomic mass is 16.5. The quantitative estimate of drug-likeness (QED) is 0.778. The molecule has 0 amide bonds. The summed E-state index contributed by atoms with van der Waals surface area (Å²) in [6.45, 7) is 6.45. The van der Waals surface area contributed by atoms with Crippen LogP contribution >= 0.6 is 0 Å². The number of ether oxygens (including phenoxy) is 2. The van der Waals surface area contributed by atoms with E-state index in [1.807, 2.05) is 19.1 Å². The fourth-order valence-corrected chi connectivity index (χ4v) is 2.02. The van der Waals surface area contributed by atoms with Gasteiger partial charge in [0, 0.05) is 0 Å². The molecule has 0 bridgehead atoms. The Kier molecular flexibility index (Phi) is 4.68. The van der Waals surface area contributed by atoms with Crippen molar-refractivity contribution in [1.29, 1.82) is 0 Å². The minimum atomic E-state index is -0.421. The zero-order valence-corrected chi connectivity index (χ0v) is 12.8. The smallest absolute Gasteiger partial charge is 0.341 e. The number of esters is 1. The van der Waals surface area contributed by atoms with E-state index in [9.17, 15) is 4.79 Å². The van der Waals surface area contributed by atoms with Gasteiger partial charge in [-0.25, -0.2) is 4.79 Å². The predicted molar refractivity (Wildman–Crippen MR) is 79.6 cm³/mol. The molecule has 0 saturated heterocycles. The Labute approximate surface area is 124 Å². The third-order valence-electron chi connectivity index (χ3n) is 3.39. The molecule has 0 fully saturated rings. The molecule has 1 aromatic heterocycles. The Morgan fingerprint density at radius 1 is 1.29 bits per heavy atom. The second-order valence-electron chi connectivity index (χ2n) is 5.22. The van der Waals surface area contributed by atoms with Gasteiger partial charge in [-0.3, -0.25) is 0 Å². The second kappa shape index (κ2) is 6.48. The van der Waals surface area contributed by atoms with E-state index in [1.165, 1.54) is 18.9 Å². The van der Waals surface area contributed by atoms with Gasteiger partial charge in [0.1, 0.15) is 17.9 Å². The fraction of sp³-hybridized carbons (Fsp3) is 0.353. The number of hydrogen-bond acceptors (Lipinski definition) is 4. The number of methoxy groups -OCH3 is 1. The third-order valence-corrected chi connectivity index (χ3v) is 3.39. The van der Waals surface area contributed by atoms with Crippen LogP contribution < -0.4 is 4.74 Å². The number of furan rings is 1. The first kappa shape index (κ1) is 15.2. The number of aryl methyl sites for hydroxylation is 1. The molecule has 0 saturated carbocycles. The lowest BCUT2D eigenvalue weighted by molar-refractivity contribution is 0.0595. The minimum Gasteiger partial charge on any atom is -0.485 e. The Balaban J connectivity index is 2.15. The summed E-state index contributed by atoms with van der Waals surface area (Å²) in [4.78, 5) is 11.6. The van der Waals surface area contributed by atoms with E-state index in [0.29, 0.717) is 17.2 Å². The van der Waals surface area contributed by atoms with Crippen molar-refractivity contribution < 1.29 is 18.7 Å². The summed E-state index contributed by atoms with van der Waals surface area (Å²) in [7, 11) is 1.34. The van der Waals surface area contributed by atoms with Gasteiger partial charge in [-0.15, -0.1) is 0 Å². The topological polar surface area (TPSA) is 48.7 Å². The lowest BCUT2D eigenvalue weighted by atomic mass is 10.0. The van der Waals surface area contributed by atoms with Gasteiger partial charge in [0.2, 0.25) is 0 Å². The van der Waals surface area contributed by atoms with Crippen LogP contribution in [0.1, 0.15) is 47.0 Å². The normalized spacial score (nSPS) is 10.7. The SMILES string of the molecule is COC(=O)c1ccoc1COc1cc(C(C)C)ccc1C. The Morgan fingerprint density at radius 3 is 2.71 bits per heavy atom. The van der Waals surface area contributed by atoms with Gasteiger partial charge in [-0.05, 0) is 36.1 Å². The Morgan fingerprint density at radius 2 is 2.05 bits per heavy atom. The first-order valence-corrected chi connectivity index (χ1v) is 6.91. The van der Waals surface area contributed by atoms with Crippen molar-refractivity contribution >= 4 is 5.97 Å². The number of benzene rings is 1. The highest BCUT2D eigenvalue weighted by molar-refractivity contribution is 5.90. The van der Waals surface area contributed by atoms with Crippen molar-refractivity contribution in [2.75, 3.05) is 7.11 Å². The highest BCUT2D eigenvalue weighted by Crippen LogP contribution is 2.25. The molecule has 0 aliphatic heterocycles. The highest BCUT2D eigenvalue weighted by Gasteiger charge is 2.16. The lowest BCUT2D eigenvalue weighted by Crippen LogP contribution is -2.06. The monoisotopic (exact) mass is 288 g/mol. The average molecular weight is 288 g/mol. The van der Waals surface area contributed by atoms with Crippen molar-refractivity contribution in [2.45, 2.75) is 33.3 Å². The summed E-state index contributed by atoms with van der Waals surface area (Å²) >= 11 is 0. The molecule has 0 radical (unpaired) electrons. The van der Waals surface area contributed by atoms with Crippen molar-refractivity contribution in [1.82, 2.24) is 0 Å². The third kappa shape index (κ3) is 3.45. The van der Waals surface area contributed by atoms with E-state index in [0.717, 1.165) is 11.3 Å². The second-order valence-corrected chi connectivity index (χ2v) is 5.22. The van der Waals surface area contributed by atoms with Crippen molar-refractivity contribution in [2.24, 2.45) is 0 Å². The molecule has 4 nitrogen and oxygen atoms in total. The fourth-order valence-electron chi connectivity index (χ4n) is 2.02. The van der Waals surface area contributed by atoms with E-state index in [1.54, 1.807) is 6.07 Å². The van der Waals surface area contributed by atoms with Gasteiger partial charge >= 0.3 is 5.97 Å². The summed E-state index contributed by atoms with van der Waals surface area (Å²) in [5, 5.41) is 0. The van der Waals surface area contributed by atoms with Gasteiger partial charge in [-0.1, -0.05) is 26.0 Å². The number of rotatable bonds is 5. The molecule has 21 heavy (non-hydrogen) atoms. The van der Waals surface area contributed by atoms with Crippen LogP contribution in [0.15, 0.2) is 34.9 Å². The van der Waals surface area contributed by atoms with Crippen molar-refractivity contribution in [3.05, 3.63) is 53.0 Å². The molecule has 2 aromatic rings. The maximum Gasteiger partial charge on any atom is 0.341 e. The Hall–Kier alpha value is -2.23. The molecule has 0 spiro atoms. The maximum atomic E-state index is 11.6. The summed E-state index contributed by atoms with van der Waals surface area (Å²) in [5.41, 5.74) is 2.66. The van der Waals surface area contributed by atoms with E-state index in [-0.39, 0.29) is 6.61 Å². The standard InChI is InChI=1S/C17H20O4/c1-11(2)13-6-5-12(3)15(9-13)21-10-16-14(7-8-20-16)17(18)19-4/h5-9,11H,10H2,1-4H3. The molecule has 1 aromatic carbocycles. The number of carbonyl (C=O) groups excluding carboxylic acids is 1.